The molecule has 0 saturated carbocycles. The van der Waals surface area contributed by atoms with Crippen molar-refractivity contribution in [3.63, 3.8) is 0 Å². The van der Waals surface area contributed by atoms with E-state index in [-0.39, 0.29) is 5.78 Å². The highest BCUT2D eigenvalue weighted by atomic mass is 31.0. The Bertz CT molecular complexity index is 540. The molecular formula is C14H13F3NP. The highest BCUT2D eigenvalue weighted by Gasteiger charge is 2.30. The van der Waals surface area contributed by atoms with Crippen molar-refractivity contribution in [2.45, 2.75) is 12.0 Å². The standard InChI is InChI=1S/C14H13F3NP/c15-14(16,17)11-7-4-8-12(9-11)18-13(19)10-5-2-1-3-6-10/h1-9,13,18H,19H2. The average Bonchev–Trinajstić information content (AvgIpc) is 2.39. The first-order valence-corrected chi connectivity index (χ1v) is 6.38. The van der Waals surface area contributed by atoms with Crippen molar-refractivity contribution < 1.29 is 13.2 Å². The largest absolute Gasteiger partial charge is 0.416 e. The average molecular weight is 283 g/mol. The van der Waals surface area contributed by atoms with Crippen LogP contribution in [-0.2, 0) is 6.18 Å². The van der Waals surface area contributed by atoms with Crippen molar-refractivity contribution in [1.29, 1.82) is 0 Å². The molecule has 0 aliphatic carbocycles. The maximum Gasteiger partial charge on any atom is 0.416 e. The number of halogens is 3. The minimum absolute atomic E-state index is 0.135. The molecule has 0 amide bonds. The van der Waals surface area contributed by atoms with Crippen LogP contribution in [0.15, 0.2) is 54.6 Å². The lowest BCUT2D eigenvalue weighted by Crippen LogP contribution is -2.07. The minimum Gasteiger partial charge on any atom is -0.375 e. The maximum absolute atomic E-state index is 12.6. The Balaban J connectivity index is 2.16. The molecule has 1 N–H and O–H groups in total. The van der Waals surface area contributed by atoms with Gasteiger partial charge in [-0.25, -0.2) is 0 Å². The molecule has 0 bridgehead atoms. The number of nitrogens with one attached hydrogen (secondary N) is 1. The zero-order chi connectivity index (χ0) is 13.9. The van der Waals surface area contributed by atoms with Crippen LogP contribution in [0.2, 0.25) is 0 Å². The quantitative estimate of drug-likeness (QED) is 0.806. The van der Waals surface area contributed by atoms with E-state index in [1.807, 2.05) is 30.3 Å². The van der Waals surface area contributed by atoms with E-state index >= 15 is 0 Å². The number of anilines is 1. The Kier molecular flexibility index (Phi) is 4.11. The second-order valence-corrected chi connectivity index (χ2v) is 4.78. The topological polar surface area (TPSA) is 12.0 Å². The van der Waals surface area contributed by atoms with Crippen molar-refractivity contribution >= 4 is 14.9 Å². The molecular weight excluding hydrogens is 270 g/mol. The van der Waals surface area contributed by atoms with Gasteiger partial charge in [-0.15, -0.1) is 9.24 Å². The van der Waals surface area contributed by atoms with Crippen LogP contribution < -0.4 is 5.32 Å². The summed E-state index contributed by atoms with van der Waals surface area (Å²) in [6, 6.07) is 14.7. The van der Waals surface area contributed by atoms with Gasteiger partial charge < -0.3 is 5.32 Å². The lowest BCUT2D eigenvalue weighted by molar-refractivity contribution is -0.137. The summed E-state index contributed by atoms with van der Waals surface area (Å²) in [5.41, 5.74) is 0.784. The fraction of sp³-hybridized carbons (Fsp3) is 0.143. The fourth-order valence-electron chi connectivity index (χ4n) is 1.71. The van der Waals surface area contributed by atoms with Crippen molar-refractivity contribution in [3.8, 4) is 0 Å². The van der Waals surface area contributed by atoms with Gasteiger partial charge in [-0.2, -0.15) is 13.2 Å². The van der Waals surface area contributed by atoms with Gasteiger partial charge in [0, 0.05) is 5.69 Å². The molecule has 0 heterocycles. The summed E-state index contributed by atoms with van der Waals surface area (Å²) in [5, 5.41) is 3.03. The summed E-state index contributed by atoms with van der Waals surface area (Å²) in [4.78, 5) is 0. The van der Waals surface area contributed by atoms with Gasteiger partial charge in [-0.3, -0.25) is 0 Å². The van der Waals surface area contributed by atoms with Crippen molar-refractivity contribution in [2.24, 2.45) is 0 Å². The zero-order valence-electron chi connectivity index (χ0n) is 9.98. The molecule has 0 spiro atoms. The number of alkyl halides is 3. The number of benzene rings is 2. The van der Waals surface area contributed by atoms with Gasteiger partial charge in [0.1, 0.15) is 0 Å². The van der Waals surface area contributed by atoms with Crippen LogP contribution >= 0.6 is 9.24 Å². The molecule has 0 radical (unpaired) electrons. The second kappa shape index (κ2) is 5.62. The van der Waals surface area contributed by atoms with Gasteiger partial charge >= 0.3 is 6.18 Å². The van der Waals surface area contributed by atoms with E-state index in [1.165, 1.54) is 6.07 Å². The van der Waals surface area contributed by atoms with Gasteiger partial charge in [0.15, 0.2) is 0 Å². The highest BCUT2D eigenvalue weighted by Crippen LogP contribution is 2.32. The second-order valence-electron chi connectivity index (χ2n) is 4.11. The Morgan fingerprint density at radius 1 is 0.947 bits per heavy atom. The molecule has 5 heteroatoms. The third-order valence-corrected chi connectivity index (χ3v) is 3.22. The third-order valence-electron chi connectivity index (χ3n) is 2.67. The van der Waals surface area contributed by atoms with E-state index in [2.05, 4.69) is 14.6 Å². The first-order chi connectivity index (χ1) is 8.97. The van der Waals surface area contributed by atoms with E-state index in [4.69, 9.17) is 0 Å². The number of hydrogen-bond acceptors (Lipinski definition) is 1. The van der Waals surface area contributed by atoms with Crippen molar-refractivity contribution in [1.82, 2.24) is 0 Å². The molecule has 0 saturated heterocycles. The van der Waals surface area contributed by atoms with Crippen molar-refractivity contribution in [2.75, 3.05) is 5.32 Å². The van der Waals surface area contributed by atoms with Crippen LogP contribution in [0, 0.1) is 0 Å². The molecule has 0 aliphatic heterocycles. The van der Waals surface area contributed by atoms with Crippen LogP contribution in [0.1, 0.15) is 16.9 Å². The SMILES string of the molecule is FC(F)(F)c1cccc(NC(P)c2ccccc2)c1. The summed E-state index contributed by atoms with van der Waals surface area (Å²) in [5.74, 6) is -0.135. The predicted molar refractivity (Wildman–Crippen MR) is 74.0 cm³/mol. The smallest absolute Gasteiger partial charge is 0.375 e. The molecule has 2 unspecified atom stereocenters. The zero-order valence-corrected chi connectivity index (χ0v) is 11.1. The highest BCUT2D eigenvalue weighted by molar-refractivity contribution is 7.17. The van der Waals surface area contributed by atoms with Crippen LogP contribution in [0.25, 0.3) is 0 Å². The Morgan fingerprint density at radius 2 is 1.63 bits per heavy atom. The summed E-state index contributed by atoms with van der Waals surface area (Å²) in [7, 11) is 2.58. The van der Waals surface area contributed by atoms with E-state index in [0.29, 0.717) is 5.69 Å². The third kappa shape index (κ3) is 3.71. The summed E-state index contributed by atoms with van der Waals surface area (Å²) < 4.78 is 37.8. The minimum atomic E-state index is -4.32. The normalized spacial score (nSPS) is 13.1. The first-order valence-electron chi connectivity index (χ1n) is 5.71. The maximum atomic E-state index is 12.6. The predicted octanol–water partition coefficient (Wildman–Crippen LogP) is 4.69. The molecule has 100 valence electrons. The summed E-state index contributed by atoms with van der Waals surface area (Å²) in [6.45, 7) is 0. The Morgan fingerprint density at radius 3 is 2.26 bits per heavy atom. The molecule has 0 aliphatic rings. The van der Waals surface area contributed by atoms with Gasteiger partial charge in [-0.1, -0.05) is 36.4 Å². The van der Waals surface area contributed by atoms with Crippen LogP contribution in [-0.4, -0.2) is 0 Å². The van der Waals surface area contributed by atoms with Gasteiger partial charge in [-0.05, 0) is 23.8 Å². The van der Waals surface area contributed by atoms with Crippen LogP contribution in [0.3, 0.4) is 0 Å². The molecule has 0 fully saturated rings. The first kappa shape index (κ1) is 13.9. The van der Waals surface area contributed by atoms with E-state index in [0.717, 1.165) is 17.7 Å². The lowest BCUT2D eigenvalue weighted by Gasteiger charge is -2.16. The van der Waals surface area contributed by atoms with E-state index < -0.39 is 11.7 Å². The van der Waals surface area contributed by atoms with Crippen LogP contribution in [0.5, 0.6) is 0 Å². The van der Waals surface area contributed by atoms with Crippen LogP contribution in [0.4, 0.5) is 18.9 Å². The van der Waals surface area contributed by atoms with Gasteiger partial charge in [0.05, 0.1) is 11.3 Å². The summed E-state index contributed by atoms with van der Waals surface area (Å²) in [6.07, 6.45) is -4.32. The number of rotatable bonds is 3. The molecule has 2 aromatic carbocycles. The Hall–Kier alpha value is -1.54. The molecule has 2 aromatic rings. The molecule has 0 aromatic heterocycles. The van der Waals surface area contributed by atoms with Gasteiger partial charge in [0.2, 0.25) is 0 Å². The monoisotopic (exact) mass is 283 g/mol. The van der Waals surface area contributed by atoms with E-state index in [9.17, 15) is 13.2 Å². The van der Waals surface area contributed by atoms with Crippen molar-refractivity contribution in [3.05, 3.63) is 65.7 Å². The molecule has 2 rings (SSSR count). The lowest BCUT2D eigenvalue weighted by atomic mass is 10.1. The Labute approximate surface area is 112 Å². The molecule has 1 nitrogen and oxygen atoms in total. The summed E-state index contributed by atoms with van der Waals surface area (Å²) >= 11 is 0. The number of hydrogen-bond donors (Lipinski definition) is 1. The molecule has 2 atom stereocenters. The van der Waals surface area contributed by atoms with Gasteiger partial charge in [0.25, 0.3) is 0 Å². The molecule has 19 heavy (non-hydrogen) atoms. The van der Waals surface area contributed by atoms with E-state index in [1.54, 1.807) is 6.07 Å². The fourth-order valence-corrected chi connectivity index (χ4v) is 2.12.